The summed E-state index contributed by atoms with van der Waals surface area (Å²) in [7, 11) is -3.28. The third kappa shape index (κ3) is 3.70. The number of thiocarbonyl (C=S) groups is 1. The molecule has 1 rings (SSSR count). The van der Waals surface area contributed by atoms with Crippen LogP contribution < -0.4 is 5.73 Å². The molecule has 0 aromatic heterocycles. The van der Waals surface area contributed by atoms with E-state index in [1.165, 1.54) is 10.7 Å². The molecule has 88 valence electrons. The van der Waals surface area contributed by atoms with E-state index >= 15 is 0 Å². The maximum atomic E-state index is 11.8. The molecule has 0 amide bonds. The normalized spacial score (nSPS) is 17.7. The second kappa shape index (κ2) is 5.23. The summed E-state index contributed by atoms with van der Waals surface area (Å²) >= 11 is 4.64. The van der Waals surface area contributed by atoms with Gasteiger partial charge in [-0.15, -0.1) is 0 Å². The van der Waals surface area contributed by atoms with Crippen LogP contribution >= 0.6 is 12.2 Å². The van der Waals surface area contributed by atoms with Gasteiger partial charge in [0.15, 0.2) is 0 Å². The van der Waals surface area contributed by atoms with Crippen molar-refractivity contribution in [3.05, 3.63) is 0 Å². The van der Waals surface area contributed by atoms with Gasteiger partial charge in [-0.05, 0) is 18.8 Å². The molecule has 0 saturated heterocycles. The predicted molar refractivity (Wildman–Crippen MR) is 65.2 cm³/mol. The van der Waals surface area contributed by atoms with Crippen LogP contribution in [0.25, 0.3) is 0 Å². The van der Waals surface area contributed by atoms with Crippen molar-refractivity contribution < 1.29 is 8.42 Å². The van der Waals surface area contributed by atoms with Crippen molar-refractivity contribution >= 4 is 27.2 Å². The summed E-state index contributed by atoms with van der Waals surface area (Å²) in [6.45, 7) is 2.97. The number of rotatable bonds is 6. The van der Waals surface area contributed by atoms with E-state index in [1.807, 2.05) is 6.92 Å². The highest BCUT2D eigenvalue weighted by Gasteiger charge is 2.27. The molecule has 0 aliphatic heterocycles. The third-order valence-corrected chi connectivity index (χ3v) is 4.95. The van der Waals surface area contributed by atoms with E-state index in [0.29, 0.717) is 19.0 Å². The summed E-state index contributed by atoms with van der Waals surface area (Å²) in [5, 5.41) is 0. The Balaban J connectivity index is 2.58. The van der Waals surface area contributed by atoms with Gasteiger partial charge in [-0.3, -0.25) is 0 Å². The first-order chi connectivity index (χ1) is 6.95. The van der Waals surface area contributed by atoms with E-state index in [9.17, 15) is 8.42 Å². The first-order valence-corrected chi connectivity index (χ1v) is 7.23. The van der Waals surface area contributed by atoms with Gasteiger partial charge in [0.2, 0.25) is 10.0 Å². The SMILES string of the molecule is CCN(CC1CCC1)S(=O)(=O)CC(N)=S. The summed E-state index contributed by atoms with van der Waals surface area (Å²) in [4.78, 5) is 0.0436. The molecule has 0 heterocycles. The highest BCUT2D eigenvalue weighted by molar-refractivity contribution is 7.92. The molecule has 2 N–H and O–H groups in total. The largest absolute Gasteiger partial charge is 0.392 e. The predicted octanol–water partition coefficient (Wildman–Crippen LogP) is 0.724. The van der Waals surface area contributed by atoms with E-state index in [0.717, 1.165) is 12.8 Å². The monoisotopic (exact) mass is 250 g/mol. The molecule has 1 fully saturated rings. The first-order valence-electron chi connectivity index (χ1n) is 5.22. The van der Waals surface area contributed by atoms with Crippen molar-refractivity contribution in [3.8, 4) is 0 Å². The van der Waals surface area contributed by atoms with Crippen LogP contribution in [0.3, 0.4) is 0 Å². The van der Waals surface area contributed by atoms with E-state index < -0.39 is 10.0 Å². The van der Waals surface area contributed by atoms with Crippen molar-refractivity contribution in [2.75, 3.05) is 18.8 Å². The smallest absolute Gasteiger partial charge is 0.220 e. The van der Waals surface area contributed by atoms with Crippen LogP contribution in [0, 0.1) is 5.92 Å². The molecule has 1 saturated carbocycles. The number of sulfonamides is 1. The van der Waals surface area contributed by atoms with E-state index in [2.05, 4.69) is 12.2 Å². The molecule has 0 spiro atoms. The summed E-state index contributed by atoms with van der Waals surface area (Å²) < 4.78 is 25.1. The molecular weight excluding hydrogens is 232 g/mol. The Morgan fingerprint density at radius 1 is 1.53 bits per heavy atom. The van der Waals surface area contributed by atoms with E-state index in [4.69, 9.17) is 5.73 Å². The van der Waals surface area contributed by atoms with Crippen molar-refractivity contribution in [2.45, 2.75) is 26.2 Å². The lowest BCUT2D eigenvalue weighted by Crippen LogP contribution is -2.40. The summed E-state index contributed by atoms with van der Waals surface area (Å²) in [6, 6.07) is 0. The van der Waals surface area contributed by atoms with E-state index in [-0.39, 0.29) is 10.7 Å². The minimum Gasteiger partial charge on any atom is -0.392 e. The van der Waals surface area contributed by atoms with Gasteiger partial charge >= 0.3 is 0 Å². The minimum atomic E-state index is -3.28. The fraction of sp³-hybridized carbons (Fsp3) is 0.889. The highest BCUT2D eigenvalue weighted by atomic mass is 32.2. The first kappa shape index (κ1) is 12.9. The Morgan fingerprint density at radius 2 is 2.13 bits per heavy atom. The van der Waals surface area contributed by atoms with Gasteiger partial charge in [0, 0.05) is 13.1 Å². The van der Waals surface area contributed by atoms with Crippen LogP contribution in [0.4, 0.5) is 0 Å². The van der Waals surface area contributed by atoms with Crippen molar-refractivity contribution in [2.24, 2.45) is 11.7 Å². The molecular formula is C9H18N2O2S2. The highest BCUT2D eigenvalue weighted by Crippen LogP contribution is 2.27. The minimum absolute atomic E-state index is 0.0436. The zero-order valence-electron chi connectivity index (χ0n) is 8.98. The van der Waals surface area contributed by atoms with Crippen molar-refractivity contribution in [3.63, 3.8) is 0 Å². The molecule has 4 nitrogen and oxygen atoms in total. The molecule has 15 heavy (non-hydrogen) atoms. The zero-order chi connectivity index (χ0) is 11.5. The number of nitrogens with zero attached hydrogens (tertiary/aromatic N) is 1. The summed E-state index contributed by atoms with van der Waals surface area (Å²) in [6.07, 6.45) is 3.50. The molecule has 1 aliphatic carbocycles. The standard InChI is InChI=1S/C9H18N2O2S2/c1-2-11(6-8-4-3-5-8)15(12,13)7-9(10)14/h8H,2-7H2,1H3,(H2,10,14). The van der Waals surface area contributed by atoms with Crippen LogP contribution in [0.5, 0.6) is 0 Å². The lowest BCUT2D eigenvalue weighted by molar-refractivity contribution is 0.250. The van der Waals surface area contributed by atoms with Gasteiger partial charge in [0.1, 0.15) is 5.75 Å². The fourth-order valence-electron chi connectivity index (χ4n) is 1.67. The van der Waals surface area contributed by atoms with Gasteiger partial charge in [-0.2, -0.15) is 0 Å². The Kier molecular flexibility index (Phi) is 4.48. The maximum Gasteiger partial charge on any atom is 0.220 e. The Labute approximate surface area is 96.9 Å². The van der Waals surface area contributed by atoms with Crippen LogP contribution in [-0.4, -0.2) is 36.6 Å². The number of hydrogen-bond acceptors (Lipinski definition) is 3. The van der Waals surface area contributed by atoms with Gasteiger partial charge in [0.05, 0.1) is 4.99 Å². The van der Waals surface area contributed by atoms with Crippen LogP contribution in [0.15, 0.2) is 0 Å². The molecule has 0 aromatic rings. The maximum absolute atomic E-state index is 11.8. The zero-order valence-corrected chi connectivity index (χ0v) is 10.6. The molecule has 6 heteroatoms. The second-order valence-electron chi connectivity index (χ2n) is 3.97. The Bertz CT molecular complexity index is 323. The second-order valence-corrected chi connectivity index (χ2v) is 6.46. The number of nitrogens with two attached hydrogens (primary N) is 1. The lowest BCUT2D eigenvalue weighted by atomic mass is 9.85. The molecule has 0 unspecified atom stereocenters. The molecule has 0 atom stereocenters. The Morgan fingerprint density at radius 3 is 2.47 bits per heavy atom. The quantitative estimate of drug-likeness (QED) is 0.706. The van der Waals surface area contributed by atoms with E-state index in [1.54, 1.807) is 0 Å². The average molecular weight is 250 g/mol. The van der Waals surface area contributed by atoms with Crippen LogP contribution in [0.1, 0.15) is 26.2 Å². The van der Waals surface area contributed by atoms with Crippen molar-refractivity contribution in [1.29, 1.82) is 0 Å². The van der Waals surface area contributed by atoms with Gasteiger partial charge < -0.3 is 5.73 Å². The summed E-state index contributed by atoms with van der Waals surface area (Å²) in [5.41, 5.74) is 5.27. The lowest BCUT2D eigenvalue weighted by Gasteiger charge is -2.31. The van der Waals surface area contributed by atoms with Crippen LogP contribution in [-0.2, 0) is 10.0 Å². The molecule has 0 bridgehead atoms. The van der Waals surface area contributed by atoms with Crippen molar-refractivity contribution in [1.82, 2.24) is 4.31 Å². The average Bonchev–Trinajstić information content (AvgIpc) is 1.99. The van der Waals surface area contributed by atoms with Gasteiger partial charge in [-0.25, -0.2) is 12.7 Å². The third-order valence-electron chi connectivity index (χ3n) is 2.76. The Hall–Kier alpha value is -0.200. The van der Waals surface area contributed by atoms with Gasteiger partial charge in [-0.1, -0.05) is 25.6 Å². The molecule has 1 aliphatic rings. The number of hydrogen-bond donors (Lipinski definition) is 1. The van der Waals surface area contributed by atoms with Gasteiger partial charge in [0.25, 0.3) is 0 Å². The topological polar surface area (TPSA) is 63.4 Å². The molecule has 0 radical (unpaired) electrons. The summed E-state index contributed by atoms with van der Waals surface area (Å²) in [5.74, 6) is 0.328. The van der Waals surface area contributed by atoms with Crippen LogP contribution in [0.2, 0.25) is 0 Å². The fourth-order valence-corrected chi connectivity index (χ4v) is 3.49. The molecule has 0 aromatic carbocycles.